The molecule has 0 aliphatic carbocycles. The van der Waals surface area contributed by atoms with Crippen LogP contribution in [0.15, 0.2) is 30.3 Å². The predicted molar refractivity (Wildman–Crippen MR) is 76.3 cm³/mol. The minimum absolute atomic E-state index is 0.0125. The Kier molecular flexibility index (Phi) is 7.01. The Bertz CT molecular complexity index is 448. The summed E-state index contributed by atoms with van der Waals surface area (Å²) in [6.45, 7) is 2.91. The minimum Gasteiger partial charge on any atom is -0.381 e. The summed E-state index contributed by atoms with van der Waals surface area (Å²) in [5.74, 6) is -0.0125. The van der Waals surface area contributed by atoms with Crippen LogP contribution in [-0.2, 0) is 14.8 Å². The lowest BCUT2D eigenvalue weighted by atomic mass is 10.1. The maximum atomic E-state index is 11.6. The van der Waals surface area contributed by atoms with Crippen molar-refractivity contribution in [2.45, 2.75) is 19.4 Å². The van der Waals surface area contributed by atoms with Gasteiger partial charge in [0.2, 0.25) is 10.0 Å². The molecule has 1 rings (SSSR count). The number of benzene rings is 1. The summed E-state index contributed by atoms with van der Waals surface area (Å²) in [7, 11) is -3.26. The van der Waals surface area contributed by atoms with Crippen molar-refractivity contribution in [3.05, 3.63) is 35.9 Å². The molecule has 5 nitrogen and oxygen atoms in total. The second-order valence-corrected chi connectivity index (χ2v) is 6.14. The highest BCUT2D eigenvalue weighted by Gasteiger charge is 2.11. The Balaban J connectivity index is 2.30. The van der Waals surface area contributed by atoms with E-state index in [1.807, 2.05) is 37.3 Å². The zero-order valence-corrected chi connectivity index (χ0v) is 12.0. The van der Waals surface area contributed by atoms with Gasteiger partial charge in [0.1, 0.15) is 0 Å². The van der Waals surface area contributed by atoms with Gasteiger partial charge in [-0.1, -0.05) is 30.3 Å². The fourth-order valence-corrected chi connectivity index (χ4v) is 2.53. The van der Waals surface area contributed by atoms with Gasteiger partial charge in [0, 0.05) is 19.2 Å². The van der Waals surface area contributed by atoms with Gasteiger partial charge in [-0.25, -0.2) is 13.1 Å². The van der Waals surface area contributed by atoms with Crippen LogP contribution < -0.4 is 10.5 Å². The maximum absolute atomic E-state index is 11.6. The van der Waals surface area contributed by atoms with Crippen LogP contribution in [0.2, 0.25) is 0 Å². The van der Waals surface area contributed by atoms with Gasteiger partial charge in [-0.05, 0) is 18.9 Å². The van der Waals surface area contributed by atoms with Gasteiger partial charge in [-0.2, -0.15) is 0 Å². The molecule has 1 unspecified atom stereocenters. The third-order valence-corrected chi connectivity index (χ3v) is 4.05. The molecule has 0 radical (unpaired) electrons. The molecule has 0 heterocycles. The molecule has 1 atom stereocenters. The van der Waals surface area contributed by atoms with E-state index in [0.717, 1.165) is 5.56 Å². The van der Waals surface area contributed by atoms with Gasteiger partial charge in [-0.3, -0.25) is 0 Å². The largest absolute Gasteiger partial charge is 0.381 e. The highest BCUT2D eigenvalue weighted by atomic mass is 32.2. The molecule has 3 N–H and O–H groups in total. The van der Waals surface area contributed by atoms with Crippen molar-refractivity contribution in [3.8, 4) is 0 Å². The highest BCUT2D eigenvalue weighted by molar-refractivity contribution is 7.89. The molecular weight excluding hydrogens is 264 g/mol. The zero-order chi connectivity index (χ0) is 14.1. The van der Waals surface area contributed by atoms with Crippen LogP contribution in [-0.4, -0.2) is 33.9 Å². The zero-order valence-electron chi connectivity index (χ0n) is 11.2. The van der Waals surface area contributed by atoms with Gasteiger partial charge in [0.25, 0.3) is 0 Å². The van der Waals surface area contributed by atoms with E-state index in [0.29, 0.717) is 19.6 Å². The van der Waals surface area contributed by atoms with Crippen LogP contribution >= 0.6 is 0 Å². The number of rotatable bonds is 9. The Hall–Kier alpha value is -0.950. The number of nitrogens with one attached hydrogen (secondary N) is 1. The molecule has 0 bridgehead atoms. The fourth-order valence-electron chi connectivity index (χ4n) is 1.62. The second kappa shape index (κ2) is 8.27. The Labute approximate surface area is 115 Å². The van der Waals surface area contributed by atoms with Gasteiger partial charge < -0.3 is 10.5 Å². The van der Waals surface area contributed by atoms with E-state index in [4.69, 9.17) is 10.5 Å². The van der Waals surface area contributed by atoms with E-state index in [1.165, 1.54) is 0 Å². The Morgan fingerprint density at radius 2 is 2.00 bits per heavy atom. The molecule has 0 amide bonds. The first kappa shape index (κ1) is 16.1. The van der Waals surface area contributed by atoms with Crippen molar-refractivity contribution in [3.63, 3.8) is 0 Å². The summed E-state index contributed by atoms with van der Waals surface area (Å²) in [6.07, 6.45) is 0.567. The van der Waals surface area contributed by atoms with E-state index in [2.05, 4.69) is 4.72 Å². The molecule has 0 saturated heterocycles. The van der Waals surface area contributed by atoms with Crippen molar-refractivity contribution >= 4 is 10.0 Å². The van der Waals surface area contributed by atoms with E-state index in [9.17, 15) is 8.42 Å². The monoisotopic (exact) mass is 286 g/mol. The molecule has 0 fully saturated rings. The maximum Gasteiger partial charge on any atom is 0.213 e. The van der Waals surface area contributed by atoms with E-state index < -0.39 is 10.0 Å². The van der Waals surface area contributed by atoms with Gasteiger partial charge >= 0.3 is 0 Å². The lowest BCUT2D eigenvalue weighted by molar-refractivity contribution is 0.163. The fraction of sp³-hybridized carbons (Fsp3) is 0.538. The summed E-state index contributed by atoms with van der Waals surface area (Å²) in [4.78, 5) is 0. The average Bonchev–Trinajstić information content (AvgIpc) is 2.39. The van der Waals surface area contributed by atoms with Gasteiger partial charge in [0.05, 0.1) is 12.4 Å². The summed E-state index contributed by atoms with van der Waals surface area (Å²) >= 11 is 0. The first-order valence-corrected chi connectivity index (χ1v) is 8.06. The van der Waals surface area contributed by atoms with Crippen LogP contribution in [0, 0.1) is 0 Å². The van der Waals surface area contributed by atoms with E-state index >= 15 is 0 Å². The van der Waals surface area contributed by atoms with Crippen molar-refractivity contribution in [2.24, 2.45) is 5.73 Å². The first-order chi connectivity index (χ1) is 9.05. The molecule has 0 saturated carbocycles. The standard InChI is InChI=1S/C13H22N2O3S/c1-2-18-10-11-19(16,17)15-9-8-13(14)12-6-4-3-5-7-12/h3-7,13,15H,2,8-11,14H2,1H3. The summed E-state index contributed by atoms with van der Waals surface area (Å²) < 4.78 is 30.7. The number of nitrogens with two attached hydrogens (primary N) is 1. The van der Waals surface area contributed by atoms with E-state index in [1.54, 1.807) is 0 Å². The van der Waals surface area contributed by atoms with Crippen LogP contribution in [0.25, 0.3) is 0 Å². The third-order valence-electron chi connectivity index (χ3n) is 2.71. The summed E-state index contributed by atoms with van der Waals surface area (Å²) in [6, 6.07) is 9.48. The number of ether oxygens (including phenoxy) is 1. The van der Waals surface area contributed by atoms with E-state index in [-0.39, 0.29) is 18.4 Å². The molecular formula is C13H22N2O3S. The molecule has 1 aromatic rings. The molecule has 1 aromatic carbocycles. The Morgan fingerprint density at radius 3 is 2.63 bits per heavy atom. The number of hydrogen-bond acceptors (Lipinski definition) is 4. The molecule has 0 spiro atoms. The highest BCUT2D eigenvalue weighted by Crippen LogP contribution is 2.12. The summed E-state index contributed by atoms with van der Waals surface area (Å²) in [5.41, 5.74) is 7.00. The van der Waals surface area contributed by atoms with Crippen LogP contribution in [0.4, 0.5) is 0 Å². The molecule has 0 aliphatic heterocycles. The molecule has 6 heteroatoms. The topological polar surface area (TPSA) is 81.4 Å². The molecule has 0 aliphatic rings. The Morgan fingerprint density at radius 1 is 1.32 bits per heavy atom. The average molecular weight is 286 g/mol. The predicted octanol–water partition coefficient (Wildman–Crippen LogP) is 1.03. The number of hydrogen-bond donors (Lipinski definition) is 2. The first-order valence-electron chi connectivity index (χ1n) is 6.41. The van der Waals surface area contributed by atoms with Gasteiger partial charge in [-0.15, -0.1) is 0 Å². The SMILES string of the molecule is CCOCCS(=O)(=O)NCCC(N)c1ccccc1. The van der Waals surface area contributed by atoms with Crippen LogP contribution in [0.1, 0.15) is 24.9 Å². The smallest absolute Gasteiger partial charge is 0.213 e. The van der Waals surface area contributed by atoms with Crippen LogP contribution in [0.3, 0.4) is 0 Å². The lowest BCUT2D eigenvalue weighted by Crippen LogP contribution is -2.31. The van der Waals surface area contributed by atoms with Crippen molar-refractivity contribution in [2.75, 3.05) is 25.5 Å². The van der Waals surface area contributed by atoms with Crippen molar-refractivity contribution < 1.29 is 13.2 Å². The van der Waals surface area contributed by atoms with Crippen molar-refractivity contribution in [1.29, 1.82) is 0 Å². The number of sulfonamides is 1. The third kappa shape index (κ3) is 6.68. The van der Waals surface area contributed by atoms with Crippen LogP contribution in [0.5, 0.6) is 0 Å². The lowest BCUT2D eigenvalue weighted by Gasteiger charge is -2.12. The van der Waals surface area contributed by atoms with Crippen molar-refractivity contribution in [1.82, 2.24) is 4.72 Å². The summed E-state index contributed by atoms with van der Waals surface area (Å²) in [5, 5.41) is 0. The molecule has 0 aromatic heterocycles. The molecule has 108 valence electrons. The minimum atomic E-state index is -3.26. The molecule has 19 heavy (non-hydrogen) atoms. The van der Waals surface area contributed by atoms with Gasteiger partial charge in [0.15, 0.2) is 0 Å². The normalized spacial score (nSPS) is 13.4. The quantitative estimate of drug-likeness (QED) is 0.664. The second-order valence-electron chi connectivity index (χ2n) is 4.22.